The van der Waals surface area contributed by atoms with E-state index in [4.69, 9.17) is 15.6 Å². The topological polar surface area (TPSA) is 81.0 Å². The molecule has 0 spiro atoms. The van der Waals surface area contributed by atoms with Crippen LogP contribution in [0, 0.1) is 20.8 Å². The van der Waals surface area contributed by atoms with Gasteiger partial charge in [-0.15, -0.1) is 0 Å². The number of benzene rings is 3. The van der Waals surface area contributed by atoms with Crippen molar-refractivity contribution in [2.75, 3.05) is 20.2 Å². The molecule has 3 aromatic carbocycles. The maximum atomic E-state index is 5.82. The standard InChI is InChI=1S/C32H36N6O/c1-22-5-9-25(10-6-22)32(26-11-7-23(2)8-12-26)37-16-15-28(20-37)34-18-29(36-33)27-13-14-30(31(17-27)39-4)38-19-24(3)35-21-38/h5-14,17-19,21,28,32H,15-16,20,33H2,1-4H3/b34-18?,36-29+. The van der Waals surface area contributed by atoms with Crippen LogP contribution in [0.4, 0.5) is 0 Å². The summed E-state index contributed by atoms with van der Waals surface area (Å²) in [5.74, 6) is 6.53. The van der Waals surface area contributed by atoms with Gasteiger partial charge in [0.05, 0.1) is 36.9 Å². The van der Waals surface area contributed by atoms with Crippen molar-refractivity contribution in [2.24, 2.45) is 15.9 Å². The molecule has 1 aliphatic rings. The minimum Gasteiger partial charge on any atom is -0.495 e. The largest absolute Gasteiger partial charge is 0.495 e. The number of nitrogens with two attached hydrogens (primary N) is 1. The molecule has 1 aromatic heterocycles. The van der Waals surface area contributed by atoms with Crippen molar-refractivity contribution >= 4 is 11.9 Å². The van der Waals surface area contributed by atoms with Gasteiger partial charge >= 0.3 is 0 Å². The van der Waals surface area contributed by atoms with Gasteiger partial charge in [0.2, 0.25) is 0 Å². The van der Waals surface area contributed by atoms with Crippen molar-refractivity contribution in [1.29, 1.82) is 0 Å². The number of nitrogens with zero attached hydrogens (tertiary/aromatic N) is 5. The molecular weight excluding hydrogens is 484 g/mol. The number of methoxy groups -OCH3 is 1. The maximum absolute atomic E-state index is 5.82. The summed E-state index contributed by atoms with van der Waals surface area (Å²) >= 11 is 0. The van der Waals surface area contributed by atoms with Crippen molar-refractivity contribution in [3.05, 3.63) is 113 Å². The number of aliphatic imine (C=N–C) groups is 1. The highest BCUT2D eigenvalue weighted by atomic mass is 16.5. The molecule has 0 radical (unpaired) electrons. The third-order valence-electron chi connectivity index (χ3n) is 7.36. The molecule has 7 heteroatoms. The molecule has 39 heavy (non-hydrogen) atoms. The zero-order chi connectivity index (χ0) is 27.4. The molecular formula is C32H36N6O. The molecule has 0 amide bonds. The molecule has 7 nitrogen and oxygen atoms in total. The second-order valence-corrected chi connectivity index (χ2v) is 10.3. The van der Waals surface area contributed by atoms with Gasteiger partial charge < -0.3 is 15.1 Å². The Morgan fingerprint density at radius 3 is 2.23 bits per heavy atom. The number of aromatic nitrogens is 2. The summed E-state index contributed by atoms with van der Waals surface area (Å²) in [4.78, 5) is 11.8. The molecule has 4 aromatic rings. The van der Waals surface area contributed by atoms with E-state index < -0.39 is 0 Å². The van der Waals surface area contributed by atoms with E-state index in [9.17, 15) is 0 Å². The first kappa shape index (κ1) is 26.4. The van der Waals surface area contributed by atoms with Crippen molar-refractivity contribution < 1.29 is 4.74 Å². The van der Waals surface area contributed by atoms with E-state index in [1.807, 2.05) is 35.9 Å². The lowest BCUT2D eigenvalue weighted by atomic mass is 9.96. The molecule has 2 heterocycles. The number of rotatable bonds is 8. The Kier molecular flexibility index (Phi) is 7.89. The van der Waals surface area contributed by atoms with Crippen molar-refractivity contribution in [3.8, 4) is 11.4 Å². The Hall–Kier alpha value is -4.23. The number of ether oxygens (including phenoxy) is 1. The number of likely N-dealkylation sites (tertiary alicyclic amines) is 1. The third kappa shape index (κ3) is 5.94. The van der Waals surface area contributed by atoms with Gasteiger partial charge in [0, 0.05) is 31.1 Å². The molecule has 0 bridgehead atoms. The summed E-state index contributed by atoms with van der Waals surface area (Å²) in [7, 11) is 1.66. The Labute approximate surface area is 230 Å². The van der Waals surface area contributed by atoms with Crippen LogP contribution in [0.25, 0.3) is 5.69 Å². The molecule has 1 unspecified atom stereocenters. The van der Waals surface area contributed by atoms with Crippen LogP contribution in [0.2, 0.25) is 0 Å². The lowest BCUT2D eigenvalue weighted by molar-refractivity contribution is 0.278. The number of imidazole rings is 1. The molecule has 200 valence electrons. The first-order valence-electron chi connectivity index (χ1n) is 13.3. The lowest BCUT2D eigenvalue weighted by Gasteiger charge is -2.29. The number of hydrazone groups is 1. The quantitative estimate of drug-likeness (QED) is 0.192. The summed E-state index contributed by atoms with van der Waals surface area (Å²) in [5.41, 5.74) is 8.46. The molecule has 1 aliphatic heterocycles. The van der Waals surface area contributed by atoms with Crippen LogP contribution in [-0.4, -0.2) is 52.6 Å². The van der Waals surface area contributed by atoms with Crippen LogP contribution in [0.5, 0.6) is 5.75 Å². The van der Waals surface area contributed by atoms with E-state index in [1.54, 1.807) is 19.7 Å². The second kappa shape index (κ2) is 11.7. The van der Waals surface area contributed by atoms with Gasteiger partial charge in [-0.2, -0.15) is 5.10 Å². The normalized spacial score (nSPS) is 16.4. The molecule has 2 N–H and O–H groups in total. The summed E-state index contributed by atoms with van der Waals surface area (Å²) in [6, 6.07) is 24.0. The van der Waals surface area contributed by atoms with E-state index in [1.165, 1.54) is 22.3 Å². The van der Waals surface area contributed by atoms with Gasteiger partial charge in [-0.1, -0.05) is 65.7 Å². The van der Waals surface area contributed by atoms with Gasteiger partial charge in [-0.25, -0.2) is 4.98 Å². The number of hydrogen-bond acceptors (Lipinski definition) is 6. The first-order chi connectivity index (χ1) is 18.9. The highest BCUT2D eigenvalue weighted by Crippen LogP contribution is 2.33. The summed E-state index contributed by atoms with van der Waals surface area (Å²) in [6.45, 7) is 8.05. The minimum absolute atomic E-state index is 0.162. The zero-order valence-corrected chi connectivity index (χ0v) is 23.1. The van der Waals surface area contributed by atoms with Crippen molar-refractivity contribution in [1.82, 2.24) is 14.5 Å². The van der Waals surface area contributed by atoms with Gasteiger partial charge in [0.15, 0.2) is 0 Å². The van der Waals surface area contributed by atoms with E-state index in [0.717, 1.165) is 36.5 Å². The van der Waals surface area contributed by atoms with Crippen molar-refractivity contribution in [3.63, 3.8) is 0 Å². The predicted molar refractivity (Wildman–Crippen MR) is 158 cm³/mol. The average Bonchev–Trinajstić information content (AvgIpc) is 3.60. The van der Waals surface area contributed by atoms with Gasteiger partial charge in [0.25, 0.3) is 0 Å². The van der Waals surface area contributed by atoms with Crippen LogP contribution in [0.3, 0.4) is 0 Å². The van der Waals surface area contributed by atoms with E-state index >= 15 is 0 Å². The molecule has 0 aliphatic carbocycles. The Balaban J connectivity index is 1.34. The van der Waals surface area contributed by atoms with E-state index in [0.29, 0.717) is 11.5 Å². The van der Waals surface area contributed by atoms with Crippen LogP contribution >= 0.6 is 0 Å². The van der Waals surface area contributed by atoms with Gasteiger partial charge in [0.1, 0.15) is 11.5 Å². The Morgan fingerprint density at radius 1 is 1.00 bits per heavy atom. The van der Waals surface area contributed by atoms with Crippen LogP contribution < -0.4 is 10.6 Å². The lowest BCUT2D eigenvalue weighted by Crippen LogP contribution is -2.28. The molecule has 1 fully saturated rings. The van der Waals surface area contributed by atoms with E-state index in [2.05, 4.69) is 77.4 Å². The number of aryl methyl sites for hydroxylation is 3. The molecule has 0 saturated carbocycles. The molecule has 5 rings (SSSR count). The molecule has 1 saturated heterocycles. The van der Waals surface area contributed by atoms with Crippen LogP contribution in [-0.2, 0) is 0 Å². The summed E-state index contributed by atoms with van der Waals surface area (Å²) in [5, 5.41) is 4.05. The fourth-order valence-electron chi connectivity index (χ4n) is 5.20. The minimum atomic E-state index is 0.162. The highest BCUT2D eigenvalue weighted by Gasteiger charge is 2.30. The van der Waals surface area contributed by atoms with Gasteiger partial charge in [-0.3, -0.25) is 9.89 Å². The Bertz CT molecular complexity index is 1420. The van der Waals surface area contributed by atoms with Crippen molar-refractivity contribution in [2.45, 2.75) is 39.3 Å². The second-order valence-electron chi connectivity index (χ2n) is 10.3. The molecule has 1 atom stereocenters. The zero-order valence-electron chi connectivity index (χ0n) is 23.1. The smallest absolute Gasteiger partial charge is 0.143 e. The third-order valence-corrected chi connectivity index (χ3v) is 7.36. The van der Waals surface area contributed by atoms with Crippen LogP contribution in [0.15, 0.2) is 89.3 Å². The fourth-order valence-corrected chi connectivity index (χ4v) is 5.20. The van der Waals surface area contributed by atoms with E-state index in [-0.39, 0.29) is 12.1 Å². The fraction of sp³-hybridized carbons (Fsp3) is 0.281. The monoisotopic (exact) mass is 520 g/mol. The predicted octanol–water partition coefficient (Wildman–Crippen LogP) is 5.40. The Morgan fingerprint density at radius 2 is 1.67 bits per heavy atom. The SMILES string of the molecule is COc1cc(/C(C=NC2CCN(C(c3ccc(C)cc3)c3ccc(C)cc3)C2)=N/N)ccc1-n1cnc(C)c1. The van der Waals surface area contributed by atoms with Gasteiger partial charge in [-0.05, 0) is 50.5 Å². The van der Waals surface area contributed by atoms with Crippen LogP contribution in [0.1, 0.15) is 46.0 Å². The average molecular weight is 521 g/mol. The summed E-state index contributed by atoms with van der Waals surface area (Å²) < 4.78 is 7.61. The maximum Gasteiger partial charge on any atom is 0.143 e. The number of hydrogen-bond donors (Lipinski definition) is 1. The highest BCUT2D eigenvalue weighted by molar-refractivity contribution is 6.38. The first-order valence-corrected chi connectivity index (χ1v) is 13.3. The summed E-state index contributed by atoms with van der Waals surface area (Å²) in [6.07, 6.45) is 6.52.